The first-order valence-corrected chi connectivity index (χ1v) is 5.83. The Labute approximate surface area is 104 Å². The third kappa shape index (κ3) is 4.08. The van der Waals surface area contributed by atoms with Gasteiger partial charge in [0, 0.05) is 12.1 Å². The number of benzene rings is 1. The van der Waals surface area contributed by atoms with E-state index in [0.29, 0.717) is 0 Å². The van der Waals surface area contributed by atoms with E-state index >= 15 is 0 Å². The van der Waals surface area contributed by atoms with Crippen molar-refractivity contribution in [1.29, 1.82) is 0 Å². The van der Waals surface area contributed by atoms with Crippen molar-refractivity contribution < 1.29 is 0 Å². The van der Waals surface area contributed by atoms with Crippen LogP contribution in [0.4, 0.5) is 0 Å². The van der Waals surface area contributed by atoms with Crippen LogP contribution in [-0.2, 0) is 6.42 Å². The fourth-order valence-electron chi connectivity index (χ4n) is 1.67. The molecule has 0 fully saturated rings. The van der Waals surface area contributed by atoms with Gasteiger partial charge in [-0.1, -0.05) is 43.5 Å². The standard InChI is InChI=1S/C15H22N2/c1-6-13-9-7-8-10-14(13)11-12(2)17-15(3,4)16-5/h6-10,16-17H,1-2,11H2,3-5H3. The van der Waals surface area contributed by atoms with Gasteiger partial charge in [0.15, 0.2) is 0 Å². The Hall–Kier alpha value is -1.54. The van der Waals surface area contributed by atoms with Gasteiger partial charge in [-0.25, -0.2) is 0 Å². The lowest BCUT2D eigenvalue weighted by molar-refractivity contribution is 0.364. The van der Waals surface area contributed by atoms with Crippen molar-refractivity contribution in [3.8, 4) is 0 Å². The van der Waals surface area contributed by atoms with Crippen LogP contribution in [0, 0.1) is 0 Å². The van der Waals surface area contributed by atoms with E-state index in [1.54, 1.807) is 0 Å². The third-order valence-electron chi connectivity index (χ3n) is 2.79. The summed E-state index contributed by atoms with van der Waals surface area (Å²) >= 11 is 0. The van der Waals surface area contributed by atoms with E-state index in [-0.39, 0.29) is 5.66 Å². The smallest absolute Gasteiger partial charge is 0.0818 e. The molecule has 0 aromatic heterocycles. The molecule has 2 nitrogen and oxygen atoms in total. The molecule has 0 spiro atoms. The molecule has 0 bridgehead atoms. The number of nitrogens with one attached hydrogen (secondary N) is 2. The third-order valence-corrected chi connectivity index (χ3v) is 2.79. The summed E-state index contributed by atoms with van der Waals surface area (Å²) in [6.45, 7) is 12.1. The average Bonchev–Trinajstić information content (AvgIpc) is 2.29. The Kier molecular flexibility index (Phi) is 4.53. The highest BCUT2D eigenvalue weighted by Gasteiger charge is 2.14. The molecule has 0 radical (unpaired) electrons. The number of allylic oxidation sites excluding steroid dienone is 1. The van der Waals surface area contributed by atoms with Crippen LogP contribution < -0.4 is 10.6 Å². The van der Waals surface area contributed by atoms with Gasteiger partial charge in [0.05, 0.1) is 5.66 Å². The van der Waals surface area contributed by atoms with Crippen LogP contribution in [0.1, 0.15) is 25.0 Å². The van der Waals surface area contributed by atoms with E-state index in [0.717, 1.165) is 17.7 Å². The molecule has 0 aliphatic heterocycles. The van der Waals surface area contributed by atoms with Gasteiger partial charge in [0.2, 0.25) is 0 Å². The van der Waals surface area contributed by atoms with Gasteiger partial charge in [-0.3, -0.25) is 5.32 Å². The summed E-state index contributed by atoms with van der Waals surface area (Å²) < 4.78 is 0. The zero-order valence-corrected chi connectivity index (χ0v) is 11.0. The number of hydrogen-bond donors (Lipinski definition) is 2. The van der Waals surface area contributed by atoms with E-state index in [1.807, 2.05) is 25.3 Å². The molecule has 2 N–H and O–H groups in total. The van der Waals surface area contributed by atoms with Crippen molar-refractivity contribution in [1.82, 2.24) is 10.6 Å². The quantitative estimate of drug-likeness (QED) is 0.734. The minimum absolute atomic E-state index is 0.139. The lowest BCUT2D eigenvalue weighted by atomic mass is 10.0. The summed E-state index contributed by atoms with van der Waals surface area (Å²) in [7, 11) is 1.93. The number of hydrogen-bond acceptors (Lipinski definition) is 2. The summed E-state index contributed by atoms with van der Waals surface area (Å²) in [5.74, 6) is 0. The van der Waals surface area contributed by atoms with Crippen LogP contribution in [0.3, 0.4) is 0 Å². The van der Waals surface area contributed by atoms with Gasteiger partial charge >= 0.3 is 0 Å². The fraction of sp³-hybridized carbons (Fsp3) is 0.333. The Balaban J connectivity index is 2.71. The van der Waals surface area contributed by atoms with Crippen molar-refractivity contribution in [2.24, 2.45) is 0 Å². The highest BCUT2D eigenvalue weighted by molar-refractivity contribution is 5.52. The van der Waals surface area contributed by atoms with Crippen molar-refractivity contribution in [3.63, 3.8) is 0 Å². The molecule has 1 aromatic carbocycles. The first-order chi connectivity index (χ1) is 7.98. The van der Waals surface area contributed by atoms with E-state index in [9.17, 15) is 0 Å². The molecule has 0 aliphatic carbocycles. The fourth-order valence-corrected chi connectivity index (χ4v) is 1.67. The van der Waals surface area contributed by atoms with E-state index in [4.69, 9.17) is 0 Å². The molecule has 0 amide bonds. The molecule has 0 saturated heterocycles. The van der Waals surface area contributed by atoms with Crippen molar-refractivity contribution >= 4 is 6.08 Å². The van der Waals surface area contributed by atoms with Gasteiger partial charge in [-0.2, -0.15) is 0 Å². The van der Waals surface area contributed by atoms with Gasteiger partial charge in [0.25, 0.3) is 0 Å². The maximum absolute atomic E-state index is 4.07. The van der Waals surface area contributed by atoms with E-state index in [1.165, 1.54) is 5.56 Å². The molecule has 0 unspecified atom stereocenters. The molecule has 17 heavy (non-hydrogen) atoms. The zero-order valence-electron chi connectivity index (χ0n) is 11.0. The van der Waals surface area contributed by atoms with Gasteiger partial charge < -0.3 is 5.32 Å². The maximum Gasteiger partial charge on any atom is 0.0818 e. The summed E-state index contributed by atoms with van der Waals surface area (Å²) in [4.78, 5) is 0. The highest BCUT2D eigenvalue weighted by atomic mass is 15.2. The average molecular weight is 230 g/mol. The van der Waals surface area contributed by atoms with E-state index < -0.39 is 0 Å². The van der Waals surface area contributed by atoms with Crippen molar-refractivity contribution in [2.75, 3.05) is 7.05 Å². The first kappa shape index (κ1) is 13.5. The molecule has 2 heteroatoms. The zero-order chi connectivity index (χ0) is 12.9. The topological polar surface area (TPSA) is 24.1 Å². The minimum atomic E-state index is -0.139. The SMILES string of the molecule is C=Cc1ccccc1CC(=C)NC(C)(C)NC. The molecule has 0 atom stereocenters. The van der Waals surface area contributed by atoms with Gasteiger partial charge in [-0.15, -0.1) is 0 Å². The summed E-state index contributed by atoms with van der Waals surface area (Å²) in [6.07, 6.45) is 2.69. The second kappa shape index (κ2) is 5.69. The number of rotatable bonds is 6. The lowest BCUT2D eigenvalue weighted by Crippen LogP contribution is -2.49. The van der Waals surface area contributed by atoms with Crippen LogP contribution in [0.2, 0.25) is 0 Å². The largest absolute Gasteiger partial charge is 0.371 e. The molecule has 0 saturated carbocycles. The Morgan fingerprint density at radius 2 is 2.00 bits per heavy atom. The van der Waals surface area contributed by atoms with Gasteiger partial charge in [0.1, 0.15) is 0 Å². The summed E-state index contributed by atoms with van der Waals surface area (Å²) in [6, 6.07) is 8.24. The van der Waals surface area contributed by atoms with Crippen LogP contribution in [0.25, 0.3) is 6.08 Å². The second-order valence-electron chi connectivity index (χ2n) is 4.68. The van der Waals surface area contributed by atoms with Crippen LogP contribution >= 0.6 is 0 Å². The Morgan fingerprint density at radius 3 is 2.59 bits per heavy atom. The van der Waals surface area contributed by atoms with E-state index in [2.05, 4.69) is 49.8 Å². The molecule has 0 aliphatic rings. The second-order valence-corrected chi connectivity index (χ2v) is 4.68. The minimum Gasteiger partial charge on any atom is -0.371 e. The van der Waals surface area contributed by atoms with Crippen molar-refractivity contribution in [2.45, 2.75) is 25.9 Å². The highest BCUT2D eigenvalue weighted by Crippen LogP contribution is 2.14. The monoisotopic (exact) mass is 230 g/mol. The van der Waals surface area contributed by atoms with Crippen LogP contribution in [-0.4, -0.2) is 12.7 Å². The Morgan fingerprint density at radius 1 is 1.35 bits per heavy atom. The lowest BCUT2D eigenvalue weighted by Gasteiger charge is -2.28. The molecule has 0 heterocycles. The molecule has 92 valence electrons. The molecule has 1 rings (SSSR count). The van der Waals surface area contributed by atoms with Crippen LogP contribution in [0.15, 0.2) is 43.1 Å². The predicted molar refractivity (Wildman–Crippen MR) is 75.7 cm³/mol. The van der Waals surface area contributed by atoms with Gasteiger partial charge in [-0.05, 0) is 32.0 Å². The first-order valence-electron chi connectivity index (χ1n) is 5.83. The molecular weight excluding hydrogens is 208 g/mol. The molecular formula is C15H22N2. The van der Waals surface area contributed by atoms with Crippen LogP contribution in [0.5, 0.6) is 0 Å². The summed E-state index contributed by atoms with van der Waals surface area (Å²) in [5.41, 5.74) is 3.27. The molecule has 1 aromatic rings. The predicted octanol–water partition coefficient (Wildman–Crippen LogP) is 2.93. The van der Waals surface area contributed by atoms with Crippen molar-refractivity contribution in [3.05, 3.63) is 54.2 Å². The maximum atomic E-state index is 4.07. The Bertz CT molecular complexity index is 405. The summed E-state index contributed by atoms with van der Waals surface area (Å²) in [5, 5.41) is 6.56. The normalized spacial score (nSPS) is 11.0.